The predicted molar refractivity (Wildman–Crippen MR) is 125 cm³/mol. The van der Waals surface area contributed by atoms with Gasteiger partial charge in [0.25, 0.3) is 0 Å². The summed E-state index contributed by atoms with van der Waals surface area (Å²) in [4.78, 5) is 4.58. The van der Waals surface area contributed by atoms with Gasteiger partial charge in [-0.1, -0.05) is 47.5 Å². The first kappa shape index (κ1) is 21.0. The maximum Gasteiger partial charge on any atom is 0.174 e. The Morgan fingerprint density at radius 1 is 1.07 bits per heavy atom. The van der Waals surface area contributed by atoms with Gasteiger partial charge in [0.05, 0.1) is 16.4 Å². The fraction of sp³-hybridized carbons (Fsp3) is 0.136. The predicted octanol–water partition coefficient (Wildman–Crippen LogP) is 7.24. The maximum atomic E-state index is 6.23. The highest BCUT2D eigenvalue weighted by atomic mass is 127. The van der Waals surface area contributed by atoms with E-state index in [1.54, 1.807) is 19.2 Å². The third-order valence-electron chi connectivity index (χ3n) is 4.11. The molecule has 3 nitrogen and oxygen atoms in total. The Labute approximate surface area is 188 Å². The highest BCUT2D eigenvalue weighted by Gasteiger charge is 2.12. The van der Waals surface area contributed by atoms with Crippen molar-refractivity contribution in [1.82, 2.24) is 0 Å². The van der Waals surface area contributed by atoms with Gasteiger partial charge in [-0.05, 0) is 71.0 Å². The highest BCUT2D eigenvalue weighted by Crippen LogP contribution is 2.35. The Morgan fingerprint density at radius 3 is 2.57 bits per heavy atom. The summed E-state index contributed by atoms with van der Waals surface area (Å²) in [5.74, 6) is 1.31. The van der Waals surface area contributed by atoms with Crippen molar-refractivity contribution in [3.8, 4) is 11.5 Å². The molecule has 3 aromatic carbocycles. The molecule has 0 radical (unpaired) electrons. The number of methoxy groups -OCH3 is 1. The molecule has 0 fully saturated rings. The van der Waals surface area contributed by atoms with Crippen LogP contribution >= 0.6 is 45.8 Å². The molecule has 3 rings (SSSR count). The minimum absolute atomic E-state index is 0.318. The van der Waals surface area contributed by atoms with Gasteiger partial charge in [0.1, 0.15) is 6.61 Å². The molecule has 28 heavy (non-hydrogen) atoms. The summed E-state index contributed by atoms with van der Waals surface area (Å²) in [5.41, 5.74) is 3.85. The monoisotopic (exact) mass is 525 g/mol. The summed E-state index contributed by atoms with van der Waals surface area (Å²) < 4.78 is 12.5. The van der Waals surface area contributed by atoms with Crippen molar-refractivity contribution in [3.63, 3.8) is 0 Å². The van der Waals surface area contributed by atoms with E-state index >= 15 is 0 Å². The minimum Gasteiger partial charge on any atom is -0.493 e. The summed E-state index contributed by atoms with van der Waals surface area (Å²) in [6, 6.07) is 17.3. The van der Waals surface area contributed by atoms with Gasteiger partial charge < -0.3 is 9.47 Å². The van der Waals surface area contributed by atoms with E-state index in [1.165, 1.54) is 0 Å². The lowest BCUT2D eigenvalue weighted by Gasteiger charge is -2.14. The normalized spacial score (nSPS) is 11.0. The first-order valence-electron chi connectivity index (χ1n) is 8.52. The van der Waals surface area contributed by atoms with Crippen molar-refractivity contribution in [2.24, 2.45) is 4.99 Å². The van der Waals surface area contributed by atoms with Crippen LogP contribution in [-0.2, 0) is 6.61 Å². The zero-order valence-electron chi connectivity index (χ0n) is 15.4. The summed E-state index contributed by atoms with van der Waals surface area (Å²) in [7, 11) is 1.62. The molecular weight excluding hydrogens is 508 g/mol. The van der Waals surface area contributed by atoms with E-state index in [4.69, 9.17) is 32.7 Å². The molecule has 0 aromatic heterocycles. The molecule has 0 saturated carbocycles. The van der Waals surface area contributed by atoms with Crippen molar-refractivity contribution in [2.75, 3.05) is 7.11 Å². The topological polar surface area (TPSA) is 30.8 Å². The van der Waals surface area contributed by atoms with Crippen molar-refractivity contribution in [3.05, 3.63) is 84.9 Å². The number of rotatable bonds is 6. The quantitative estimate of drug-likeness (QED) is 0.251. The Hall–Kier alpha value is -1.76. The number of hydrogen-bond donors (Lipinski definition) is 0. The zero-order valence-corrected chi connectivity index (χ0v) is 19.0. The Morgan fingerprint density at radius 2 is 1.86 bits per heavy atom. The SMILES string of the molecule is COc1cc(C=Nc2ccccc2C)cc(I)c1OCc1ccc(Cl)cc1Cl. The number of aliphatic imine (C=N–C) groups is 1. The van der Waals surface area contributed by atoms with E-state index in [0.717, 1.165) is 25.9 Å². The second-order valence-electron chi connectivity index (χ2n) is 6.10. The van der Waals surface area contributed by atoms with Crippen LogP contribution in [0.4, 0.5) is 5.69 Å². The van der Waals surface area contributed by atoms with Gasteiger partial charge in [-0.2, -0.15) is 0 Å². The Kier molecular flexibility index (Phi) is 7.21. The molecule has 6 heteroatoms. The first-order chi connectivity index (χ1) is 13.5. The summed E-state index contributed by atoms with van der Waals surface area (Å²) >= 11 is 14.4. The van der Waals surface area contributed by atoms with Gasteiger partial charge in [0.15, 0.2) is 11.5 Å². The van der Waals surface area contributed by atoms with Crippen LogP contribution in [0.5, 0.6) is 11.5 Å². The zero-order chi connectivity index (χ0) is 20.1. The number of ether oxygens (including phenoxy) is 2. The van der Waals surface area contributed by atoms with Crippen LogP contribution in [-0.4, -0.2) is 13.3 Å². The molecule has 0 bridgehead atoms. The lowest BCUT2D eigenvalue weighted by Crippen LogP contribution is -2.01. The van der Waals surface area contributed by atoms with E-state index in [2.05, 4.69) is 27.6 Å². The number of hydrogen-bond acceptors (Lipinski definition) is 3. The van der Waals surface area contributed by atoms with Crippen molar-refractivity contribution >= 4 is 57.7 Å². The van der Waals surface area contributed by atoms with Gasteiger partial charge in [0.2, 0.25) is 0 Å². The van der Waals surface area contributed by atoms with Crippen LogP contribution in [0, 0.1) is 10.5 Å². The van der Waals surface area contributed by atoms with E-state index in [0.29, 0.717) is 28.2 Å². The fourth-order valence-corrected chi connectivity index (χ4v) is 3.84. The van der Waals surface area contributed by atoms with Crippen LogP contribution in [0.15, 0.2) is 59.6 Å². The molecule has 0 saturated heterocycles. The maximum absolute atomic E-state index is 6.23. The van der Waals surface area contributed by atoms with Gasteiger partial charge in [-0.15, -0.1) is 0 Å². The number of nitrogens with zero attached hydrogens (tertiary/aromatic N) is 1. The molecule has 0 spiro atoms. The smallest absolute Gasteiger partial charge is 0.174 e. The molecule has 0 atom stereocenters. The molecule has 0 unspecified atom stereocenters. The molecule has 0 heterocycles. The van der Waals surface area contributed by atoms with Crippen molar-refractivity contribution in [2.45, 2.75) is 13.5 Å². The second kappa shape index (κ2) is 9.63. The fourth-order valence-electron chi connectivity index (χ4n) is 2.60. The second-order valence-corrected chi connectivity index (χ2v) is 8.11. The molecule has 0 N–H and O–H groups in total. The van der Waals surface area contributed by atoms with E-state index in [9.17, 15) is 0 Å². The average Bonchev–Trinajstić information content (AvgIpc) is 2.67. The lowest BCUT2D eigenvalue weighted by atomic mass is 10.2. The van der Waals surface area contributed by atoms with Crippen molar-refractivity contribution < 1.29 is 9.47 Å². The number of aryl methyl sites for hydroxylation is 1. The lowest BCUT2D eigenvalue weighted by molar-refractivity contribution is 0.282. The molecule has 0 amide bonds. The minimum atomic E-state index is 0.318. The summed E-state index contributed by atoms with van der Waals surface area (Å²) in [5, 5.41) is 1.17. The molecule has 0 aliphatic carbocycles. The van der Waals surface area contributed by atoms with E-state index < -0.39 is 0 Å². The average molecular weight is 526 g/mol. The molecule has 144 valence electrons. The highest BCUT2D eigenvalue weighted by molar-refractivity contribution is 14.1. The Bertz CT molecular complexity index is 1020. The number of benzene rings is 3. The Balaban J connectivity index is 1.82. The first-order valence-corrected chi connectivity index (χ1v) is 10.4. The van der Waals surface area contributed by atoms with Crippen LogP contribution < -0.4 is 9.47 Å². The van der Waals surface area contributed by atoms with E-state index in [1.807, 2.05) is 55.6 Å². The largest absolute Gasteiger partial charge is 0.493 e. The van der Waals surface area contributed by atoms with Crippen LogP contribution in [0.3, 0.4) is 0 Å². The molecule has 3 aromatic rings. The number of halogens is 3. The van der Waals surface area contributed by atoms with E-state index in [-0.39, 0.29) is 0 Å². The summed E-state index contributed by atoms with van der Waals surface area (Å²) in [6.45, 7) is 2.36. The van der Waals surface area contributed by atoms with Gasteiger partial charge in [0, 0.05) is 21.8 Å². The molecule has 0 aliphatic rings. The molecular formula is C22H18Cl2INO2. The number of para-hydroxylation sites is 1. The van der Waals surface area contributed by atoms with Gasteiger partial charge in [-0.3, -0.25) is 4.99 Å². The van der Waals surface area contributed by atoms with Gasteiger partial charge in [-0.25, -0.2) is 0 Å². The molecule has 0 aliphatic heterocycles. The summed E-state index contributed by atoms with van der Waals surface area (Å²) in [6.07, 6.45) is 1.83. The third kappa shape index (κ3) is 5.19. The van der Waals surface area contributed by atoms with Crippen LogP contribution in [0.2, 0.25) is 10.0 Å². The van der Waals surface area contributed by atoms with Crippen molar-refractivity contribution in [1.29, 1.82) is 0 Å². The standard InChI is InChI=1S/C22H18Cl2INO2/c1-14-5-3-4-6-20(14)26-12-15-9-19(25)22(21(10-15)27-2)28-13-16-7-8-17(23)11-18(16)24/h3-12H,13H2,1-2H3. The van der Waals surface area contributed by atoms with Gasteiger partial charge >= 0.3 is 0 Å². The third-order valence-corrected chi connectivity index (χ3v) is 5.50. The van der Waals surface area contributed by atoms with Crippen LogP contribution in [0.25, 0.3) is 0 Å². The van der Waals surface area contributed by atoms with Crippen LogP contribution in [0.1, 0.15) is 16.7 Å².